The van der Waals surface area contributed by atoms with E-state index in [1.54, 1.807) is 0 Å². The molecule has 0 aliphatic carbocycles. The Morgan fingerprint density at radius 1 is 1.19 bits per heavy atom. The number of hydrogen-bond donors (Lipinski definition) is 2. The van der Waals surface area contributed by atoms with Crippen molar-refractivity contribution in [3.05, 3.63) is 11.9 Å². The average Bonchev–Trinajstić information content (AvgIpc) is 3.15. The quantitative estimate of drug-likeness (QED) is 0.692. The van der Waals surface area contributed by atoms with Crippen molar-refractivity contribution in [2.75, 3.05) is 26.2 Å². The Morgan fingerprint density at radius 3 is 2.56 bits per heavy atom. The summed E-state index contributed by atoms with van der Waals surface area (Å²) in [5, 5.41) is 8.22. The maximum absolute atomic E-state index is 13.1. The largest absolute Gasteiger partial charge is 0.369 e. The first-order valence-corrected chi connectivity index (χ1v) is 9.96. The predicted molar refractivity (Wildman–Crippen MR) is 98.0 cm³/mol. The molecule has 0 saturated carbocycles. The molecule has 5 heterocycles. The van der Waals surface area contributed by atoms with Crippen LogP contribution in [0.3, 0.4) is 0 Å². The number of likely N-dealkylation sites (tertiary alicyclic amines) is 1. The predicted octanol–water partition coefficient (Wildman–Crippen LogP) is -0.829. The molecule has 4 N–H and O–H groups in total. The number of rotatable bonds is 5. The van der Waals surface area contributed by atoms with E-state index in [1.807, 2.05) is 15.8 Å². The zero-order valence-electron chi connectivity index (χ0n) is 15.7. The number of fused-ring (bicyclic) bond motifs is 3. The van der Waals surface area contributed by atoms with E-state index in [2.05, 4.69) is 15.2 Å². The minimum atomic E-state index is -0.237. The Kier molecular flexibility index (Phi) is 5.14. The van der Waals surface area contributed by atoms with Crippen molar-refractivity contribution in [1.29, 1.82) is 0 Å². The highest BCUT2D eigenvalue weighted by Crippen LogP contribution is 2.38. The van der Waals surface area contributed by atoms with Gasteiger partial charge in [-0.25, -0.2) is 0 Å². The molecule has 1 aromatic rings. The third-order valence-electron chi connectivity index (χ3n) is 6.60. The van der Waals surface area contributed by atoms with Crippen molar-refractivity contribution in [2.24, 2.45) is 29.2 Å². The van der Waals surface area contributed by atoms with Crippen molar-refractivity contribution < 1.29 is 9.59 Å². The summed E-state index contributed by atoms with van der Waals surface area (Å²) >= 11 is 0. The highest BCUT2D eigenvalue weighted by molar-refractivity contribution is 5.81. The molecule has 0 spiro atoms. The normalized spacial score (nSPS) is 31.2. The van der Waals surface area contributed by atoms with Crippen LogP contribution in [-0.2, 0) is 22.7 Å². The fourth-order valence-corrected chi connectivity index (χ4v) is 4.96. The Labute approximate surface area is 159 Å². The topological polar surface area (TPSA) is 123 Å². The van der Waals surface area contributed by atoms with Crippen molar-refractivity contribution in [1.82, 2.24) is 24.8 Å². The van der Waals surface area contributed by atoms with Gasteiger partial charge in [0.1, 0.15) is 0 Å². The summed E-state index contributed by atoms with van der Waals surface area (Å²) in [6, 6.07) is 0.403. The molecule has 0 radical (unpaired) electrons. The first kappa shape index (κ1) is 18.4. The van der Waals surface area contributed by atoms with E-state index in [4.69, 9.17) is 11.5 Å². The van der Waals surface area contributed by atoms with Gasteiger partial charge in [-0.2, -0.15) is 0 Å². The summed E-state index contributed by atoms with van der Waals surface area (Å²) in [4.78, 5) is 28.8. The van der Waals surface area contributed by atoms with Gasteiger partial charge in [0, 0.05) is 44.3 Å². The molecular weight excluding hydrogens is 346 g/mol. The lowest BCUT2D eigenvalue weighted by Crippen LogP contribution is -2.59. The van der Waals surface area contributed by atoms with Crippen LogP contribution in [-0.4, -0.2) is 68.8 Å². The molecule has 9 heteroatoms. The lowest BCUT2D eigenvalue weighted by Gasteiger charge is -2.50. The van der Waals surface area contributed by atoms with Gasteiger partial charge in [0.05, 0.1) is 18.2 Å². The van der Waals surface area contributed by atoms with Gasteiger partial charge in [0.15, 0.2) is 0 Å². The van der Waals surface area contributed by atoms with Gasteiger partial charge in [-0.1, -0.05) is 5.21 Å². The smallest absolute Gasteiger partial charge is 0.227 e. The molecule has 148 valence electrons. The molecule has 4 aliphatic rings. The first-order valence-electron chi connectivity index (χ1n) is 9.96. The zero-order chi connectivity index (χ0) is 19.0. The van der Waals surface area contributed by atoms with E-state index in [0.29, 0.717) is 44.4 Å². The number of aromatic nitrogens is 3. The number of piperidine rings is 4. The minimum absolute atomic E-state index is 0.0777. The van der Waals surface area contributed by atoms with Crippen LogP contribution in [0.4, 0.5) is 0 Å². The van der Waals surface area contributed by atoms with Gasteiger partial charge in [-0.15, -0.1) is 5.10 Å². The molecule has 0 aromatic carbocycles. The Hall–Kier alpha value is -2.00. The highest BCUT2D eigenvalue weighted by Gasteiger charge is 2.45. The number of carbonyl (C=O) groups is 2. The summed E-state index contributed by atoms with van der Waals surface area (Å²) in [6.07, 6.45) is 5.40. The van der Waals surface area contributed by atoms with Crippen LogP contribution in [0.2, 0.25) is 0 Å². The van der Waals surface area contributed by atoms with Crippen LogP contribution in [0, 0.1) is 17.8 Å². The number of carbonyl (C=O) groups excluding carboxylic acids is 2. The maximum atomic E-state index is 13.1. The number of primary amides is 1. The Balaban J connectivity index is 1.34. The highest BCUT2D eigenvalue weighted by atomic mass is 16.2. The van der Waals surface area contributed by atoms with Gasteiger partial charge >= 0.3 is 0 Å². The second-order valence-electron chi connectivity index (χ2n) is 8.18. The number of nitrogens with two attached hydrogens (primary N) is 2. The molecule has 5 rings (SSSR count). The zero-order valence-corrected chi connectivity index (χ0v) is 15.7. The summed E-state index contributed by atoms with van der Waals surface area (Å²) in [7, 11) is 0. The summed E-state index contributed by atoms with van der Waals surface area (Å²) in [6.45, 7) is 4.37. The standard InChI is InChI=1S/C18H29N7O2/c19-8-14-9-25(22-21-14)10-15-7-13-3-6-24(15)11-16(13)18(27)23-4-1-12(2-5-23)17(20)26/h9,12-13,15-16H,1-8,10-11,19H2,(H2,20,26)/t13?,15-,16+/m1/s1. The van der Waals surface area contributed by atoms with E-state index in [9.17, 15) is 9.59 Å². The molecule has 9 nitrogen and oxygen atoms in total. The van der Waals surface area contributed by atoms with E-state index >= 15 is 0 Å². The number of nitrogens with zero attached hydrogens (tertiary/aromatic N) is 5. The molecular formula is C18H29N7O2. The third-order valence-corrected chi connectivity index (χ3v) is 6.60. The average molecular weight is 375 g/mol. The second kappa shape index (κ2) is 7.55. The third kappa shape index (κ3) is 3.70. The Bertz CT molecular complexity index is 698. The monoisotopic (exact) mass is 375 g/mol. The van der Waals surface area contributed by atoms with E-state index in [0.717, 1.165) is 38.2 Å². The van der Waals surface area contributed by atoms with Gasteiger partial charge in [0.25, 0.3) is 0 Å². The lowest BCUT2D eigenvalue weighted by molar-refractivity contribution is -0.146. The van der Waals surface area contributed by atoms with Crippen molar-refractivity contribution in [2.45, 2.75) is 44.8 Å². The van der Waals surface area contributed by atoms with E-state index in [1.165, 1.54) is 0 Å². The Morgan fingerprint density at radius 2 is 1.96 bits per heavy atom. The molecule has 2 amide bonds. The first-order chi connectivity index (χ1) is 13.0. The maximum Gasteiger partial charge on any atom is 0.227 e. The molecule has 2 bridgehead atoms. The molecule has 4 atom stereocenters. The molecule has 4 fully saturated rings. The SMILES string of the molecule is NCc1cn(C[C@H]2CC3CCN2C[C@@H]3C(=O)N2CCC(C(N)=O)CC2)nn1. The van der Waals surface area contributed by atoms with Crippen molar-refractivity contribution in [3.63, 3.8) is 0 Å². The van der Waals surface area contributed by atoms with Gasteiger partial charge in [-0.3, -0.25) is 19.2 Å². The van der Waals surface area contributed by atoms with Gasteiger partial charge in [0.2, 0.25) is 11.8 Å². The van der Waals surface area contributed by atoms with E-state index < -0.39 is 0 Å². The van der Waals surface area contributed by atoms with Crippen LogP contribution in [0.15, 0.2) is 6.20 Å². The fraction of sp³-hybridized carbons (Fsp3) is 0.778. The van der Waals surface area contributed by atoms with Crippen LogP contribution >= 0.6 is 0 Å². The number of hydrogen-bond acceptors (Lipinski definition) is 6. The van der Waals surface area contributed by atoms with Crippen molar-refractivity contribution in [3.8, 4) is 0 Å². The fourth-order valence-electron chi connectivity index (χ4n) is 4.96. The molecule has 4 saturated heterocycles. The summed E-state index contributed by atoms with van der Waals surface area (Å²) < 4.78 is 1.87. The number of amides is 2. The summed E-state index contributed by atoms with van der Waals surface area (Å²) in [5.74, 6) is 0.455. The summed E-state index contributed by atoms with van der Waals surface area (Å²) in [5.41, 5.74) is 11.8. The lowest BCUT2D eigenvalue weighted by atomic mass is 9.74. The molecule has 27 heavy (non-hydrogen) atoms. The molecule has 2 unspecified atom stereocenters. The van der Waals surface area contributed by atoms with E-state index in [-0.39, 0.29) is 23.7 Å². The van der Waals surface area contributed by atoms with Gasteiger partial charge in [-0.05, 0) is 38.1 Å². The minimum Gasteiger partial charge on any atom is -0.369 e. The molecule has 4 aliphatic heterocycles. The van der Waals surface area contributed by atoms with Gasteiger partial charge < -0.3 is 16.4 Å². The van der Waals surface area contributed by atoms with Crippen LogP contribution < -0.4 is 11.5 Å². The van der Waals surface area contributed by atoms with Crippen molar-refractivity contribution >= 4 is 11.8 Å². The second-order valence-corrected chi connectivity index (χ2v) is 8.18. The van der Waals surface area contributed by atoms with Crippen LogP contribution in [0.5, 0.6) is 0 Å². The van der Waals surface area contributed by atoms with Crippen LogP contribution in [0.25, 0.3) is 0 Å². The molecule has 1 aromatic heterocycles. The van der Waals surface area contributed by atoms with Crippen LogP contribution in [0.1, 0.15) is 31.4 Å².